The Hall–Kier alpha value is -3.09. The monoisotopic (exact) mass is 363 g/mol. The molecule has 3 heterocycles. The van der Waals surface area contributed by atoms with Crippen LogP contribution in [-0.2, 0) is 0 Å². The number of fused-ring (bicyclic) bond motifs is 1. The van der Waals surface area contributed by atoms with Crippen molar-refractivity contribution < 1.29 is 9.53 Å². The normalized spacial score (nSPS) is 17.1. The molecule has 27 heavy (non-hydrogen) atoms. The fourth-order valence-electron chi connectivity index (χ4n) is 3.39. The molecule has 0 spiro atoms. The zero-order chi connectivity index (χ0) is 18.8. The number of carbonyl (C=O) groups excluding carboxylic acids is 1. The molecule has 1 saturated heterocycles. The average molecular weight is 363 g/mol. The second kappa shape index (κ2) is 7.26. The maximum Gasteiger partial charge on any atom is 0.317 e. The lowest BCUT2D eigenvalue weighted by atomic mass is 10.1. The molecule has 0 radical (unpaired) electrons. The molecule has 1 amide bonds. The van der Waals surface area contributed by atoms with Gasteiger partial charge in [-0.2, -0.15) is 0 Å². The molecule has 4 rings (SSSR count). The van der Waals surface area contributed by atoms with Gasteiger partial charge in [0.1, 0.15) is 6.10 Å². The van der Waals surface area contributed by atoms with Crippen LogP contribution in [0.25, 0.3) is 11.0 Å². The van der Waals surface area contributed by atoms with E-state index in [1.165, 1.54) is 0 Å². The molecular weight excluding hydrogens is 342 g/mol. The van der Waals surface area contributed by atoms with Gasteiger partial charge in [0, 0.05) is 35.9 Å². The van der Waals surface area contributed by atoms with Crippen LogP contribution in [0.2, 0.25) is 0 Å². The van der Waals surface area contributed by atoms with Gasteiger partial charge in [0.05, 0.1) is 17.6 Å². The molecule has 1 atom stereocenters. The highest BCUT2D eigenvalue weighted by Gasteiger charge is 2.26. The summed E-state index contributed by atoms with van der Waals surface area (Å²) in [5, 5.41) is 0. The van der Waals surface area contributed by atoms with Crippen molar-refractivity contribution in [3.05, 3.63) is 53.6 Å². The van der Waals surface area contributed by atoms with Gasteiger partial charge in [0.15, 0.2) is 0 Å². The molecule has 138 valence electrons. The molecule has 1 aliphatic heterocycles. The van der Waals surface area contributed by atoms with Crippen molar-refractivity contribution in [3.8, 4) is 6.01 Å². The van der Waals surface area contributed by atoms with E-state index in [-0.39, 0.29) is 12.0 Å². The van der Waals surface area contributed by atoms with Crippen LogP contribution in [0.15, 0.2) is 36.7 Å². The first-order valence-corrected chi connectivity index (χ1v) is 9.07. The van der Waals surface area contributed by atoms with Gasteiger partial charge in [-0.05, 0) is 51.0 Å². The van der Waals surface area contributed by atoms with Crippen molar-refractivity contribution in [2.24, 2.45) is 0 Å². The van der Waals surface area contributed by atoms with Crippen LogP contribution in [0.1, 0.15) is 34.6 Å². The molecule has 0 aliphatic carbocycles. The number of hydrogen-bond donors (Lipinski definition) is 0. The zero-order valence-electron chi connectivity index (χ0n) is 15.4. The van der Waals surface area contributed by atoms with Gasteiger partial charge in [-0.3, -0.25) is 14.8 Å². The Kier molecular flexibility index (Phi) is 4.66. The van der Waals surface area contributed by atoms with Gasteiger partial charge in [0.25, 0.3) is 5.91 Å². The van der Waals surface area contributed by atoms with Gasteiger partial charge in [0.2, 0.25) is 0 Å². The largest absolute Gasteiger partial charge is 0.458 e. The van der Waals surface area contributed by atoms with Crippen LogP contribution in [0, 0.1) is 13.8 Å². The lowest BCUT2D eigenvalue weighted by molar-refractivity contribution is 0.0515. The van der Waals surface area contributed by atoms with Gasteiger partial charge < -0.3 is 9.64 Å². The Bertz CT molecular complexity index is 971. The van der Waals surface area contributed by atoms with Crippen LogP contribution < -0.4 is 4.74 Å². The summed E-state index contributed by atoms with van der Waals surface area (Å²) < 4.78 is 5.97. The molecule has 1 fully saturated rings. The highest BCUT2D eigenvalue weighted by Crippen LogP contribution is 2.19. The molecular formula is C20H21N5O2. The van der Waals surface area contributed by atoms with E-state index in [1.807, 2.05) is 30.9 Å². The van der Waals surface area contributed by atoms with Crippen LogP contribution in [0.4, 0.5) is 0 Å². The number of piperidine rings is 1. The fraction of sp³-hybridized carbons (Fsp3) is 0.350. The van der Waals surface area contributed by atoms with Gasteiger partial charge in [-0.25, -0.2) is 9.97 Å². The van der Waals surface area contributed by atoms with Crippen LogP contribution in [-0.4, -0.2) is 49.9 Å². The zero-order valence-corrected chi connectivity index (χ0v) is 15.4. The van der Waals surface area contributed by atoms with Crippen molar-refractivity contribution in [3.63, 3.8) is 0 Å². The molecule has 1 aliphatic rings. The van der Waals surface area contributed by atoms with Gasteiger partial charge in [-0.1, -0.05) is 0 Å². The summed E-state index contributed by atoms with van der Waals surface area (Å²) in [5.74, 6) is -0.0165. The summed E-state index contributed by atoms with van der Waals surface area (Å²) in [6, 6.07) is 7.72. The van der Waals surface area contributed by atoms with Crippen molar-refractivity contribution in [2.75, 3.05) is 13.1 Å². The van der Waals surface area contributed by atoms with E-state index in [0.29, 0.717) is 24.7 Å². The molecule has 0 saturated carbocycles. The lowest BCUT2D eigenvalue weighted by Crippen LogP contribution is -2.44. The van der Waals surface area contributed by atoms with E-state index >= 15 is 0 Å². The maximum atomic E-state index is 12.9. The molecule has 2 aromatic heterocycles. The van der Waals surface area contributed by atoms with Gasteiger partial charge in [-0.15, -0.1) is 0 Å². The van der Waals surface area contributed by atoms with E-state index < -0.39 is 0 Å². The number of aryl methyl sites for hydroxylation is 2. The highest BCUT2D eigenvalue weighted by atomic mass is 16.5. The van der Waals surface area contributed by atoms with E-state index in [4.69, 9.17) is 4.74 Å². The number of hydrogen-bond acceptors (Lipinski definition) is 6. The van der Waals surface area contributed by atoms with E-state index in [2.05, 4.69) is 19.9 Å². The minimum atomic E-state index is -0.107. The third-order valence-electron chi connectivity index (χ3n) is 4.62. The molecule has 0 N–H and O–H groups in total. The summed E-state index contributed by atoms with van der Waals surface area (Å²) in [7, 11) is 0. The summed E-state index contributed by atoms with van der Waals surface area (Å²) >= 11 is 0. The number of benzene rings is 1. The first kappa shape index (κ1) is 17.3. The van der Waals surface area contributed by atoms with E-state index in [0.717, 1.165) is 35.3 Å². The Labute approximate surface area is 157 Å². The molecule has 7 nitrogen and oxygen atoms in total. The fourth-order valence-corrected chi connectivity index (χ4v) is 3.39. The molecule has 3 aromatic rings. The molecule has 7 heteroatoms. The first-order valence-electron chi connectivity index (χ1n) is 9.07. The second-order valence-corrected chi connectivity index (χ2v) is 6.83. The topological polar surface area (TPSA) is 81.1 Å². The lowest BCUT2D eigenvalue weighted by Gasteiger charge is -2.32. The number of amides is 1. The minimum absolute atomic E-state index is 0.0165. The molecule has 0 bridgehead atoms. The summed E-state index contributed by atoms with van der Waals surface area (Å²) in [5.41, 5.74) is 3.86. The number of ether oxygens (including phenoxy) is 1. The quantitative estimate of drug-likeness (QED) is 0.712. The number of nitrogens with zero attached hydrogens (tertiary/aromatic N) is 5. The van der Waals surface area contributed by atoms with E-state index in [1.54, 1.807) is 24.5 Å². The molecule has 1 aromatic carbocycles. The van der Waals surface area contributed by atoms with Crippen molar-refractivity contribution in [1.29, 1.82) is 0 Å². The minimum Gasteiger partial charge on any atom is -0.458 e. The van der Waals surface area contributed by atoms with Gasteiger partial charge >= 0.3 is 6.01 Å². The van der Waals surface area contributed by atoms with Crippen LogP contribution in [0.5, 0.6) is 6.01 Å². The van der Waals surface area contributed by atoms with Crippen molar-refractivity contribution in [2.45, 2.75) is 32.8 Å². The predicted octanol–water partition coefficient (Wildman–Crippen LogP) is 2.72. The van der Waals surface area contributed by atoms with E-state index in [9.17, 15) is 4.79 Å². The Balaban J connectivity index is 1.48. The predicted molar refractivity (Wildman–Crippen MR) is 101 cm³/mol. The SMILES string of the molecule is Cc1cc(C)nc(OC2CCCN(C(=O)c3ccc4nccnc4c3)C2)n1. The smallest absolute Gasteiger partial charge is 0.317 e. The average Bonchev–Trinajstić information content (AvgIpc) is 2.66. The number of rotatable bonds is 3. The third kappa shape index (κ3) is 3.86. The third-order valence-corrected chi connectivity index (χ3v) is 4.62. The Morgan fingerprint density at radius 3 is 2.59 bits per heavy atom. The number of likely N-dealkylation sites (tertiary alicyclic amines) is 1. The maximum absolute atomic E-state index is 12.9. The molecule has 1 unspecified atom stereocenters. The summed E-state index contributed by atoms with van der Waals surface area (Å²) in [6.45, 7) is 5.07. The second-order valence-electron chi connectivity index (χ2n) is 6.83. The first-order chi connectivity index (χ1) is 13.1. The van der Waals surface area contributed by atoms with Crippen molar-refractivity contribution in [1.82, 2.24) is 24.8 Å². The van der Waals surface area contributed by atoms with Crippen LogP contribution >= 0.6 is 0 Å². The van der Waals surface area contributed by atoms with Crippen LogP contribution in [0.3, 0.4) is 0 Å². The van der Waals surface area contributed by atoms with Crippen molar-refractivity contribution >= 4 is 16.9 Å². The summed E-state index contributed by atoms with van der Waals surface area (Å²) in [4.78, 5) is 32.0. The highest BCUT2D eigenvalue weighted by molar-refractivity contribution is 5.97. The Morgan fingerprint density at radius 2 is 1.81 bits per heavy atom. The standard InChI is InChI=1S/C20H21N5O2/c1-13-10-14(2)24-20(23-13)27-16-4-3-9-25(12-16)19(26)15-5-6-17-18(11-15)22-8-7-21-17/h5-8,10-11,16H,3-4,9,12H2,1-2H3. The Morgan fingerprint density at radius 1 is 1.07 bits per heavy atom. The summed E-state index contributed by atoms with van der Waals surface area (Å²) in [6.07, 6.45) is 4.93. The number of carbonyl (C=O) groups is 1. The number of aromatic nitrogens is 4.